The smallest absolute Gasteiger partial charge is 0.134 e. The van der Waals surface area contributed by atoms with E-state index in [1.165, 1.54) is 19.2 Å². The second kappa shape index (κ2) is 5.97. The molecule has 1 aliphatic heterocycles. The molecule has 0 amide bonds. The summed E-state index contributed by atoms with van der Waals surface area (Å²) in [5.74, 6) is -0.886. The summed E-state index contributed by atoms with van der Waals surface area (Å²) in [6.07, 6.45) is 1.83. The highest BCUT2D eigenvalue weighted by molar-refractivity contribution is 9.09. The summed E-state index contributed by atoms with van der Waals surface area (Å²) >= 11 is 3.39. The first-order valence-corrected chi connectivity index (χ1v) is 6.79. The molecule has 0 saturated carbocycles. The third-order valence-electron chi connectivity index (χ3n) is 3.17. The van der Waals surface area contributed by atoms with Gasteiger partial charge in [0.15, 0.2) is 0 Å². The molecule has 2 atom stereocenters. The fraction of sp³-hybridized carbons (Fsp3) is 0.538. The summed E-state index contributed by atoms with van der Waals surface area (Å²) < 4.78 is 38.0. The van der Waals surface area contributed by atoms with E-state index in [9.17, 15) is 8.78 Å². The van der Waals surface area contributed by atoms with Crippen LogP contribution >= 0.6 is 15.9 Å². The van der Waals surface area contributed by atoms with Gasteiger partial charge in [0.05, 0.1) is 18.5 Å². The standard InChI is InChI=1S/C13H15BrF2O2/c1-17-9-5-10(15)12(11(16)6-9)13(14)8-3-2-4-18-7-8/h5-6,8,13H,2-4,7H2,1H3. The lowest BCUT2D eigenvalue weighted by Gasteiger charge is -2.27. The number of halogens is 3. The maximum Gasteiger partial charge on any atom is 0.134 e. The van der Waals surface area contributed by atoms with Crippen molar-refractivity contribution in [1.82, 2.24) is 0 Å². The Balaban J connectivity index is 2.26. The number of rotatable bonds is 3. The van der Waals surface area contributed by atoms with E-state index in [4.69, 9.17) is 9.47 Å². The van der Waals surface area contributed by atoms with Crippen LogP contribution in [-0.2, 0) is 4.74 Å². The highest BCUT2D eigenvalue weighted by Gasteiger charge is 2.28. The summed E-state index contributed by atoms with van der Waals surface area (Å²) in [4.78, 5) is -0.372. The average Bonchev–Trinajstić information content (AvgIpc) is 2.38. The minimum absolute atomic E-state index is 0.0614. The van der Waals surface area contributed by atoms with Crippen molar-refractivity contribution >= 4 is 15.9 Å². The predicted octanol–water partition coefficient (Wildman–Crippen LogP) is 3.84. The maximum absolute atomic E-state index is 13.9. The van der Waals surface area contributed by atoms with Crippen LogP contribution in [0, 0.1) is 17.6 Å². The number of ether oxygens (including phenoxy) is 2. The van der Waals surface area contributed by atoms with E-state index >= 15 is 0 Å². The molecular formula is C13H15BrF2O2. The minimum atomic E-state index is -0.584. The molecule has 100 valence electrons. The largest absolute Gasteiger partial charge is 0.497 e. The number of alkyl halides is 1. The quantitative estimate of drug-likeness (QED) is 0.788. The lowest BCUT2D eigenvalue weighted by atomic mass is 9.93. The summed E-state index contributed by atoms with van der Waals surface area (Å²) in [5.41, 5.74) is 0.0614. The van der Waals surface area contributed by atoms with Gasteiger partial charge in [0, 0.05) is 24.3 Å². The van der Waals surface area contributed by atoms with Gasteiger partial charge >= 0.3 is 0 Å². The Morgan fingerprint density at radius 2 is 2.06 bits per heavy atom. The van der Waals surface area contributed by atoms with Crippen molar-refractivity contribution in [2.24, 2.45) is 5.92 Å². The molecule has 1 aromatic rings. The summed E-state index contributed by atoms with van der Waals surface area (Å²) in [5, 5.41) is 0. The third kappa shape index (κ3) is 2.83. The van der Waals surface area contributed by atoms with Gasteiger partial charge in [-0.3, -0.25) is 0 Å². The molecule has 1 aliphatic rings. The van der Waals surface area contributed by atoms with Crippen molar-refractivity contribution in [1.29, 1.82) is 0 Å². The van der Waals surface area contributed by atoms with E-state index in [-0.39, 0.29) is 22.1 Å². The molecule has 5 heteroatoms. The molecule has 18 heavy (non-hydrogen) atoms. The molecule has 1 heterocycles. The van der Waals surface area contributed by atoms with E-state index in [0.717, 1.165) is 19.4 Å². The highest BCUT2D eigenvalue weighted by Crippen LogP contribution is 2.39. The molecule has 1 saturated heterocycles. The maximum atomic E-state index is 13.9. The van der Waals surface area contributed by atoms with Crippen LogP contribution in [0.15, 0.2) is 12.1 Å². The molecule has 2 nitrogen and oxygen atoms in total. The monoisotopic (exact) mass is 320 g/mol. The molecule has 2 unspecified atom stereocenters. The summed E-state index contributed by atoms with van der Waals surface area (Å²) in [6.45, 7) is 1.25. The van der Waals surface area contributed by atoms with Crippen LogP contribution in [0.1, 0.15) is 23.2 Å². The number of methoxy groups -OCH3 is 1. The van der Waals surface area contributed by atoms with Crippen LogP contribution in [-0.4, -0.2) is 20.3 Å². The van der Waals surface area contributed by atoms with Crippen molar-refractivity contribution in [2.75, 3.05) is 20.3 Å². The minimum Gasteiger partial charge on any atom is -0.497 e. The van der Waals surface area contributed by atoms with Crippen molar-refractivity contribution < 1.29 is 18.3 Å². The van der Waals surface area contributed by atoms with Gasteiger partial charge in [-0.05, 0) is 18.8 Å². The fourth-order valence-electron chi connectivity index (χ4n) is 2.17. The van der Waals surface area contributed by atoms with Gasteiger partial charge in [0.25, 0.3) is 0 Å². The Labute approximate surface area is 113 Å². The van der Waals surface area contributed by atoms with Gasteiger partial charge in [-0.25, -0.2) is 8.78 Å². The Morgan fingerprint density at radius 3 is 2.56 bits per heavy atom. The second-order valence-electron chi connectivity index (χ2n) is 4.38. The van der Waals surface area contributed by atoms with Crippen molar-refractivity contribution in [2.45, 2.75) is 17.7 Å². The zero-order valence-corrected chi connectivity index (χ0v) is 11.7. The van der Waals surface area contributed by atoms with Crippen LogP contribution in [0.5, 0.6) is 5.75 Å². The Morgan fingerprint density at radius 1 is 1.39 bits per heavy atom. The van der Waals surface area contributed by atoms with Gasteiger partial charge in [0.2, 0.25) is 0 Å². The highest BCUT2D eigenvalue weighted by atomic mass is 79.9. The molecule has 0 aromatic heterocycles. The lowest BCUT2D eigenvalue weighted by molar-refractivity contribution is 0.0540. The van der Waals surface area contributed by atoms with Crippen molar-refractivity contribution in [3.63, 3.8) is 0 Å². The summed E-state index contributed by atoms with van der Waals surface area (Å²) in [7, 11) is 1.38. The average molecular weight is 321 g/mol. The number of hydrogen-bond acceptors (Lipinski definition) is 2. The topological polar surface area (TPSA) is 18.5 Å². The Kier molecular flexibility index (Phi) is 4.56. The van der Waals surface area contributed by atoms with Gasteiger partial charge in [-0.2, -0.15) is 0 Å². The Hall–Kier alpha value is -0.680. The fourth-order valence-corrected chi connectivity index (χ4v) is 3.03. The van der Waals surface area contributed by atoms with Crippen LogP contribution in [0.4, 0.5) is 8.78 Å². The summed E-state index contributed by atoms with van der Waals surface area (Å²) in [6, 6.07) is 2.41. The molecule has 0 spiro atoms. The van der Waals surface area contributed by atoms with E-state index in [0.29, 0.717) is 6.61 Å². The van der Waals surface area contributed by atoms with Crippen molar-refractivity contribution in [3.05, 3.63) is 29.3 Å². The van der Waals surface area contributed by atoms with Crippen LogP contribution in [0.25, 0.3) is 0 Å². The first-order chi connectivity index (χ1) is 8.63. The zero-order chi connectivity index (χ0) is 13.1. The molecule has 2 rings (SSSR count). The SMILES string of the molecule is COc1cc(F)c(C(Br)C2CCCOC2)c(F)c1. The van der Waals surface area contributed by atoms with E-state index in [2.05, 4.69) is 15.9 Å². The van der Waals surface area contributed by atoms with Crippen molar-refractivity contribution in [3.8, 4) is 5.75 Å². The molecule has 0 bridgehead atoms. The molecule has 0 N–H and O–H groups in total. The molecule has 0 aliphatic carbocycles. The van der Waals surface area contributed by atoms with Crippen LogP contribution in [0.2, 0.25) is 0 Å². The molecular weight excluding hydrogens is 306 g/mol. The lowest BCUT2D eigenvalue weighted by Crippen LogP contribution is -2.22. The van der Waals surface area contributed by atoms with Gasteiger partial charge in [-0.15, -0.1) is 0 Å². The van der Waals surface area contributed by atoms with Gasteiger partial charge in [0.1, 0.15) is 17.4 Å². The van der Waals surface area contributed by atoms with Crippen LogP contribution in [0.3, 0.4) is 0 Å². The first-order valence-electron chi connectivity index (χ1n) is 5.88. The number of hydrogen-bond donors (Lipinski definition) is 0. The third-order valence-corrected chi connectivity index (χ3v) is 4.38. The molecule has 1 fully saturated rings. The molecule has 0 radical (unpaired) electrons. The second-order valence-corrected chi connectivity index (χ2v) is 5.37. The molecule has 1 aromatic carbocycles. The first kappa shape index (κ1) is 13.7. The normalized spacial score (nSPS) is 21.7. The van der Waals surface area contributed by atoms with Gasteiger partial charge in [-0.1, -0.05) is 15.9 Å². The number of benzene rings is 1. The van der Waals surface area contributed by atoms with Crippen LogP contribution < -0.4 is 4.74 Å². The van der Waals surface area contributed by atoms with Gasteiger partial charge < -0.3 is 9.47 Å². The van der Waals surface area contributed by atoms with E-state index in [1.807, 2.05) is 0 Å². The Bertz CT molecular complexity index is 396. The predicted molar refractivity (Wildman–Crippen MR) is 68.1 cm³/mol. The van der Waals surface area contributed by atoms with E-state index < -0.39 is 11.6 Å². The van der Waals surface area contributed by atoms with E-state index in [1.54, 1.807) is 0 Å². The zero-order valence-electron chi connectivity index (χ0n) is 10.1.